The first kappa shape index (κ1) is 15.8. The lowest BCUT2D eigenvalue weighted by Gasteiger charge is -2.23. The van der Waals surface area contributed by atoms with Crippen LogP contribution in [-0.2, 0) is 9.59 Å². The van der Waals surface area contributed by atoms with Crippen LogP contribution in [0.2, 0.25) is 0 Å². The number of aliphatic carboxylic acids is 1. The molecule has 0 bridgehead atoms. The van der Waals surface area contributed by atoms with Crippen molar-refractivity contribution in [1.29, 1.82) is 0 Å². The largest absolute Gasteiger partial charge is 0.479 e. The maximum atomic E-state index is 11.2. The number of carboxylic acid groups (broad SMARTS) is 1. The van der Waals surface area contributed by atoms with Gasteiger partial charge in [0.25, 0.3) is 5.91 Å². The first-order chi connectivity index (χ1) is 7.82. The number of hydrogen-bond donors (Lipinski definition) is 6. The normalized spacial score (nSPS) is 17.9. The van der Waals surface area contributed by atoms with Crippen LogP contribution < -0.4 is 5.32 Å². The van der Waals surface area contributed by atoms with Crippen LogP contribution in [0.25, 0.3) is 0 Å². The van der Waals surface area contributed by atoms with E-state index in [-0.39, 0.29) is 6.54 Å². The quantitative estimate of drug-likeness (QED) is 0.283. The molecule has 0 spiro atoms. The fourth-order valence-corrected chi connectivity index (χ4v) is 1.03. The Labute approximate surface area is 97.5 Å². The fraction of sp³-hybridized carbons (Fsp3) is 0.778. The smallest absolute Gasteiger partial charge is 0.335 e. The molecule has 0 rings (SSSR count). The lowest BCUT2D eigenvalue weighted by atomic mass is 10.0. The van der Waals surface area contributed by atoms with Gasteiger partial charge in [0.05, 0.1) is 0 Å². The molecule has 0 radical (unpaired) electrons. The van der Waals surface area contributed by atoms with E-state index in [9.17, 15) is 24.9 Å². The second-order valence-electron chi connectivity index (χ2n) is 3.50. The summed E-state index contributed by atoms with van der Waals surface area (Å²) in [7, 11) is 0. The summed E-state index contributed by atoms with van der Waals surface area (Å²) in [6.07, 6.45) is -7.92. The average molecular weight is 251 g/mol. The fourth-order valence-electron chi connectivity index (χ4n) is 1.03. The Hall–Kier alpha value is -1.22. The minimum Gasteiger partial charge on any atom is -0.479 e. The van der Waals surface area contributed by atoms with Crippen LogP contribution in [0.15, 0.2) is 0 Å². The van der Waals surface area contributed by atoms with E-state index in [2.05, 4.69) is 5.32 Å². The number of hydrogen-bond acceptors (Lipinski definition) is 6. The molecule has 6 N–H and O–H groups in total. The number of aliphatic hydroxyl groups excluding tert-OH is 4. The van der Waals surface area contributed by atoms with Gasteiger partial charge in [-0.1, -0.05) is 6.92 Å². The number of rotatable bonds is 7. The molecule has 0 aromatic rings. The molecule has 0 saturated carbocycles. The van der Waals surface area contributed by atoms with Crippen molar-refractivity contribution in [2.24, 2.45) is 0 Å². The van der Waals surface area contributed by atoms with E-state index in [4.69, 9.17) is 10.2 Å². The van der Waals surface area contributed by atoms with E-state index < -0.39 is 36.3 Å². The lowest BCUT2D eigenvalue weighted by molar-refractivity contribution is -0.166. The molecule has 1 amide bonds. The number of carboxylic acids is 1. The molecule has 0 aliphatic heterocycles. The highest BCUT2D eigenvalue weighted by molar-refractivity contribution is 5.81. The molecule has 100 valence electrons. The van der Waals surface area contributed by atoms with Crippen LogP contribution in [0.1, 0.15) is 13.3 Å². The molecule has 0 fully saturated rings. The first-order valence-corrected chi connectivity index (χ1v) is 5.05. The Morgan fingerprint density at radius 2 is 1.53 bits per heavy atom. The van der Waals surface area contributed by atoms with Gasteiger partial charge in [0.15, 0.2) is 12.2 Å². The molecule has 0 saturated heterocycles. The van der Waals surface area contributed by atoms with Crippen LogP contribution in [0.4, 0.5) is 0 Å². The third-order valence-electron chi connectivity index (χ3n) is 2.07. The van der Waals surface area contributed by atoms with Crippen molar-refractivity contribution >= 4 is 11.9 Å². The zero-order valence-corrected chi connectivity index (χ0v) is 9.28. The van der Waals surface area contributed by atoms with Crippen molar-refractivity contribution in [3.63, 3.8) is 0 Å². The van der Waals surface area contributed by atoms with E-state index in [1.807, 2.05) is 0 Å². The van der Waals surface area contributed by atoms with Gasteiger partial charge in [-0.05, 0) is 6.42 Å². The minimum absolute atomic E-state index is 0.264. The Morgan fingerprint density at radius 3 is 1.94 bits per heavy atom. The number of aliphatic hydroxyl groups is 4. The van der Waals surface area contributed by atoms with Crippen molar-refractivity contribution in [1.82, 2.24) is 5.32 Å². The SMILES string of the molecule is CCCNC(=O)[C@H](O)[C@@H](O)[C@H](O)[C@H](O)C(=O)O. The highest BCUT2D eigenvalue weighted by atomic mass is 16.4. The summed E-state index contributed by atoms with van der Waals surface area (Å²) in [6, 6.07) is 0. The molecular formula is C9H17NO7. The zero-order chi connectivity index (χ0) is 13.6. The summed E-state index contributed by atoms with van der Waals surface area (Å²) in [5.41, 5.74) is 0. The second kappa shape index (κ2) is 7.17. The molecule has 17 heavy (non-hydrogen) atoms. The summed E-state index contributed by atoms with van der Waals surface area (Å²) in [5, 5.41) is 47.3. The highest BCUT2D eigenvalue weighted by Crippen LogP contribution is 2.05. The predicted octanol–water partition coefficient (Wildman–Crippen LogP) is -2.96. The van der Waals surface area contributed by atoms with Crippen molar-refractivity contribution in [3.05, 3.63) is 0 Å². The summed E-state index contributed by atoms with van der Waals surface area (Å²) < 4.78 is 0. The van der Waals surface area contributed by atoms with Crippen molar-refractivity contribution in [3.8, 4) is 0 Å². The monoisotopic (exact) mass is 251 g/mol. The van der Waals surface area contributed by atoms with E-state index in [0.29, 0.717) is 6.42 Å². The minimum atomic E-state index is -2.28. The van der Waals surface area contributed by atoms with Gasteiger partial charge in [-0.25, -0.2) is 4.79 Å². The summed E-state index contributed by atoms with van der Waals surface area (Å²) >= 11 is 0. The third-order valence-corrected chi connectivity index (χ3v) is 2.07. The molecule has 0 aliphatic carbocycles. The molecular weight excluding hydrogens is 234 g/mol. The van der Waals surface area contributed by atoms with Gasteiger partial charge in [0.2, 0.25) is 0 Å². The van der Waals surface area contributed by atoms with Crippen LogP contribution in [-0.4, -0.2) is 68.4 Å². The molecule has 0 aromatic heterocycles. The topological polar surface area (TPSA) is 147 Å². The van der Waals surface area contributed by atoms with Crippen molar-refractivity contribution < 1.29 is 35.1 Å². The van der Waals surface area contributed by atoms with Crippen molar-refractivity contribution in [2.45, 2.75) is 37.8 Å². The average Bonchev–Trinajstić information content (AvgIpc) is 2.31. The van der Waals surface area contributed by atoms with E-state index >= 15 is 0 Å². The first-order valence-electron chi connectivity index (χ1n) is 5.05. The van der Waals surface area contributed by atoms with Gasteiger partial charge in [-0.3, -0.25) is 4.79 Å². The molecule has 8 heteroatoms. The Balaban J connectivity index is 4.42. The Morgan fingerprint density at radius 1 is 1.06 bits per heavy atom. The molecule has 0 unspecified atom stereocenters. The maximum Gasteiger partial charge on any atom is 0.335 e. The summed E-state index contributed by atoms with van der Waals surface area (Å²) in [6.45, 7) is 2.03. The predicted molar refractivity (Wildman–Crippen MR) is 55.0 cm³/mol. The Bertz CT molecular complexity index is 270. The Kier molecular flexibility index (Phi) is 6.66. The third kappa shape index (κ3) is 4.65. The van der Waals surface area contributed by atoms with Gasteiger partial charge in [-0.2, -0.15) is 0 Å². The maximum absolute atomic E-state index is 11.2. The molecule has 4 atom stereocenters. The van der Waals surface area contributed by atoms with Gasteiger partial charge >= 0.3 is 5.97 Å². The van der Waals surface area contributed by atoms with E-state index in [1.165, 1.54) is 0 Å². The second-order valence-corrected chi connectivity index (χ2v) is 3.50. The molecule has 0 heterocycles. The number of carbonyl (C=O) groups excluding carboxylic acids is 1. The molecule has 0 aliphatic rings. The van der Waals surface area contributed by atoms with Crippen LogP contribution in [0, 0.1) is 0 Å². The van der Waals surface area contributed by atoms with Crippen molar-refractivity contribution in [2.75, 3.05) is 6.54 Å². The lowest BCUT2D eigenvalue weighted by Crippen LogP contribution is -2.52. The van der Waals surface area contributed by atoms with Crippen LogP contribution in [0.5, 0.6) is 0 Å². The molecule has 0 aromatic carbocycles. The van der Waals surface area contributed by atoms with Gasteiger partial charge in [0, 0.05) is 6.54 Å². The van der Waals surface area contributed by atoms with Crippen LogP contribution >= 0.6 is 0 Å². The van der Waals surface area contributed by atoms with E-state index in [1.54, 1.807) is 6.92 Å². The number of nitrogens with one attached hydrogen (secondary N) is 1. The summed E-state index contributed by atoms with van der Waals surface area (Å²) in [5.74, 6) is -2.71. The summed E-state index contributed by atoms with van der Waals surface area (Å²) in [4.78, 5) is 21.5. The zero-order valence-electron chi connectivity index (χ0n) is 9.28. The number of carbonyl (C=O) groups is 2. The van der Waals surface area contributed by atoms with Gasteiger partial charge < -0.3 is 30.8 Å². The number of amides is 1. The highest BCUT2D eigenvalue weighted by Gasteiger charge is 2.37. The standard InChI is InChI=1S/C9H17NO7/c1-2-3-10-8(15)6(13)4(11)5(12)7(14)9(16)17/h4-7,11-14H,2-3H2,1H3,(H,10,15)(H,16,17)/t4-,5-,6+,7-/m0/s1. The van der Waals surface area contributed by atoms with Gasteiger partial charge in [0.1, 0.15) is 12.2 Å². The van der Waals surface area contributed by atoms with Crippen LogP contribution in [0.3, 0.4) is 0 Å². The van der Waals surface area contributed by atoms with E-state index in [0.717, 1.165) is 0 Å². The molecule has 8 nitrogen and oxygen atoms in total. The van der Waals surface area contributed by atoms with Gasteiger partial charge in [-0.15, -0.1) is 0 Å².